The molecule has 0 unspecified atom stereocenters. The van der Waals surface area contributed by atoms with Crippen LogP contribution in [0.25, 0.3) is 21.8 Å². The van der Waals surface area contributed by atoms with E-state index in [1.54, 1.807) is 12.1 Å². The summed E-state index contributed by atoms with van der Waals surface area (Å²) in [7, 11) is 0. The second kappa shape index (κ2) is 5.98. The van der Waals surface area contributed by atoms with Crippen molar-refractivity contribution in [2.45, 2.75) is 6.43 Å². The van der Waals surface area contributed by atoms with Crippen molar-refractivity contribution in [2.75, 3.05) is 0 Å². The summed E-state index contributed by atoms with van der Waals surface area (Å²) in [4.78, 5) is 18.6. The molecule has 0 atom stereocenters. The van der Waals surface area contributed by atoms with Crippen LogP contribution in [0.1, 0.15) is 22.6 Å². The number of halogens is 2. The van der Waals surface area contributed by atoms with Gasteiger partial charge in [-0.2, -0.15) is 0 Å². The van der Waals surface area contributed by atoms with Crippen LogP contribution in [0.2, 0.25) is 0 Å². The van der Waals surface area contributed by atoms with Crippen molar-refractivity contribution in [3.8, 4) is 5.75 Å². The highest BCUT2D eigenvalue weighted by Crippen LogP contribution is 2.23. The number of alkyl halides is 2. The van der Waals surface area contributed by atoms with Crippen LogP contribution in [0.15, 0.2) is 60.7 Å². The number of aromatic amines is 1. The number of fused-ring (bicyclic) bond motifs is 2. The summed E-state index contributed by atoms with van der Waals surface area (Å²) in [6.07, 6.45) is -2.69. The third-order valence-electron chi connectivity index (χ3n) is 3.87. The molecular weight excluding hydrogens is 326 g/mol. The largest absolute Gasteiger partial charge is 0.423 e. The fourth-order valence-electron chi connectivity index (χ4n) is 2.66. The minimum absolute atomic E-state index is 0.255. The van der Waals surface area contributed by atoms with Crippen LogP contribution in [0.5, 0.6) is 5.75 Å². The Kier molecular flexibility index (Phi) is 3.65. The molecule has 0 saturated heterocycles. The molecule has 0 radical (unpaired) electrons. The lowest BCUT2D eigenvalue weighted by Gasteiger charge is -2.06. The number of ether oxygens (including phenoxy) is 1. The Balaban J connectivity index is 1.62. The normalized spacial score (nSPS) is 11.3. The maximum atomic E-state index is 12.7. The third-order valence-corrected chi connectivity index (χ3v) is 3.87. The number of hydrogen-bond acceptors (Lipinski definition) is 3. The Bertz CT molecular complexity index is 1090. The summed E-state index contributed by atoms with van der Waals surface area (Å²) in [6, 6.07) is 17.5. The van der Waals surface area contributed by atoms with Crippen LogP contribution in [-0.2, 0) is 0 Å². The molecule has 124 valence electrons. The number of carbonyl (C=O) groups is 1. The van der Waals surface area contributed by atoms with Crippen LogP contribution in [0.4, 0.5) is 8.78 Å². The molecule has 1 N–H and O–H groups in total. The van der Waals surface area contributed by atoms with Crippen LogP contribution in [0, 0.1) is 0 Å². The van der Waals surface area contributed by atoms with E-state index in [4.69, 9.17) is 4.74 Å². The molecule has 25 heavy (non-hydrogen) atoms. The Labute approximate surface area is 141 Å². The van der Waals surface area contributed by atoms with Crippen molar-refractivity contribution >= 4 is 27.8 Å². The van der Waals surface area contributed by atoms with Crippen molar-refractivity contribution < 1.29 is 18.3 Å². The molecule has 1 heterocycles. The smallest absolute Gasteiger partial charge is 0.343 e. The first-order chi connectivity index (χ1) is 12.1. The van der Waals surface area contributed by atoms with Crippen molar-refractivity contribution in [3.63, 3.8) is 0 Å². The number of H-pyrrole nitrogens is 1. The van der Waals surface area contributed by atoms with E-state index in [0.717, 1.165) is 10.8 Å². The van der Waals surface area contributed by atoms with Crippen molar-refractivity contribution in [2.24, 2.45) is 0 Å². The van der Waals surface area contributed by atoms with Crippen molar-refractivity contribution in [1.82, 2.24) is 9.97 Å². The van der Waals surface area contributed by atoms with Gasteiger partial charge in [0.25, 0.3) is 6.43 Å². The first-order valence-corrected chi connectivity index (χ1v) is 7.59. The lowest BCUT2D eigenvalue weighted by Crippen LogP contribution is -2.08. The standard InChI is InChI=1S/C19H12F2N2O2/c20-17(21)18-22-15-8-6-13(10-16(15)23-18)19(24)25-14-7-5-11-3-1-2-4-12(11)9-14/h1-10,17H,(H,22,23). The van der Waals surface area contributed by atoms with Gasteiger partial charge in [-0.05, 0) is 41.1 Å². The number of aromatic nitrogens is 2. The van der Waals surface area contributed by atoms with Gasteiger partial charge in [0.05, 0.1) is 16.6 Å². The molecule has 1 aromatic heterocycles. The van der Waals surface area contributed by atoms with Crippen molar-refractivity contribution in [1.29, 1.82) is 0 Å². The second-order valence-corrected chi connectivity index (χ2v) is 5.55. The van der Waals surface area contributed by atoms with Gasteiger partial charge < -0.3 is 9.72 Å². The van der Waals surface area contributed by atoms with Gasteiger partial charge in [0.15, 0.2) is 5.82 Å². The molecule has 4 rings (SSSR count). The van der Waals surface area contributed by atoms with Gasteiger partial charge in [0.1, 0.15) is 5.75 Å². The Morgan fingerprint density at radius 2 is 1.80 bits per heavy atom. The lowest BCUT2D eigenvalue weighted by atomic mass is 10.1. The fourth-order valence-corrected chi connectivity index (χ4v) is 2.66. The van der Waals surface area contributed by atoms with E-state index in [1.807, 2.05) is 30.3 Å². The summed E-state index contributed by atoms with van der Waals surface area (Å²) in [5.41, 5.74) is 0.992. The zero-order valence-electron chi connectivity index (χ0n) is 12.9. The second-order valence-electron chi connectivity index (χ2n) is 5.55. The Morgan fingerprint density at radius 3 is 2.60 bits per heavy atom. The topological polar surface area (TPSA) is 55.0 Å². The van der Waals surface area contributed by atoms with Crippen LogP contribution in [-0.4, -0.2) is 15.9 Å². The van der Waals surface area contributed by atoms with Gasteiger partial charge in [0.2, 0.25) is 0 Å². The molecule has 0 saturated carbocycles. The molecule has 0 aliphatic rings. The minimum Gasteiger partial charge on any atom is -0.423 e. The zero-order valence-corrected chi connectivity index (χ0v) is 12.9. The monoisotopic (exact) mass is 338 g/mol. The highest BCUT2D eigenvalue weighted by atomic mass is 19.3. The van der Waals surface area contributed by atoms with Gasteiger partial charge >= 0.3 is 5.97 Å². The van der Waals surface area contributed by atoms with Crippen molar-refractivity contribution in [3.05, 3.63) is 72.1 Å². The molecule has 0 aliphatic heterocycles. The average molecular weight is 338 g/mol. The number of esters is 1. The predicted molar refractivity (Wildman–Crippen MR) is 90.0 cm³/mol. The maximum Gasteiger partial charge on any atom is 0.343 e. The quantitative estimate of drug-likeness (QED) is 0.428. The van der Waals surface area contributed by atoms with E-state index in [0.29, 0.717) is 16.8 Å². The first-order valence-electron chi connectivity index (χ1n) is 7.59. The van der Waals surface area contributed by atoms with Gasteiger partial charge in [-0.15, -0.1) is 0 Å². The molecule has 0 fully saturated rings. The molecule has 0 bridgehead atoms. The highest BCUT2D eigenvalue weighted by molar-refractivity contribution is 5.95. The fraction of sp³-hybridized carbons (Fsp3) is 0.0526. The summed E-state index contributed by atoms with van der Waals surface area (Å²) < 4.78 is 30.8. The Morgan fingerprint density at radius 1 is 1.00 bits per heavy atom. The Hall–Kier alpha value is -3.28. The summed E-state index contributed by atoms with van der Waals surface area (Å²) in [5, 5.41) is 2.00. The maximum absolute atomic E-state index is 12.7. The molecule has 0 aliphatic carbocycles. The first kappa shape index (κ1) is 15.3. The molecule has 6 heteroatoms. The molecule has 0 spiro atoms. The van der Waals surface area contributed by atoms with Gasteiger partial charge in [0, 0.05) is 0 Å². The predicted octanol–water partition coefficient (Wildman–Crippen LogP) is 4.87. The number of nitrogens with zero attached hydrogens (tertiary/aromatic N) is 1. The van der Waals surface area contributed by atoms with E-state index in [9.17, 15) is 13.6 Å². The lowest BCUT2D eigenvalue weighted by molar-refractivity contribution is 0.0735. The van der Waals surface area contributed by atoms with Crippen LogP contribution < -0.4 is 4.74 Å². The molecule has 4 nitrogen and oxygen atoms in total. The molecule has 4 aromatic rings. The summed E-state index contributed by atoms with van der Waals surface area (Å²) in [6.45, 7) is 0. The minimum atomic E-state index is -2.69. The number of hydrogen-bond donors (Lipinski definition) is 1. The van der Waals surface area contributed by atoms with Gasteiger partial charge in [-0.1, -0.05) is 30.3 Å². The number of rotatable bonds is 3. The van der Waals surface area contributed by atoms with Gasteiger partial charge in [-0.3, -0.25) is 0 Å². The van der Waals surface area contributed by atoms with E-state index in [1.165, 1.54) is 18.2 Å². The van der Waals surface area contributed by atoms with E-state index < -0.39 is 18.2 Å². The van der Waals surface area contributed by atoms with E-state index >= 15 is 0 Å². The van der Waals surface area contributed by atoms with Crippen LogP contribution in [0.3, 0.4) is 0 Å². The third kappa shape index (κ3) is 2.94. The number of nitrogens with one attached hydrogen (secondary N) is 1. The number of carbonyl (C=O) groups excluding carboxylic acids is 1. The molecular formula is C19H12F2N2O2. The van der Waals surface area contributed by atoms with E-state index in [-0.39, 0.29) is 5.56 Å². The zero-order chi connectivity index (χ0) is 17.4. The number of imidazole rings is 1. The summed E-state index contributed by atoms with van der Waals surface area (Å²) in [5.74, 6) is -0.567. The number of benzene rings is 3. The average Bonchev–Trinajstić information content (AvgIpc) is 3.05. The molecule has 3 aromatic carbocycles. The van der Waals surface area contributed by atoms with E-state index in [2.05, 4.69) is 9.97 Å². The summed E-state index contributed by atoms with van der Waals surface area (Å²) >= 11 is 0. The SMILES string of the molecule is O=C(Oc1ccc2ccccc2c1)c1ccc2nc(C(F)F)[nH]c2c1. The van der Waals surface area contributed by atoms with Crippen LogP contribution >= 0.6 is 0 Å². The van der Waals surface area contributed by atoms with Gasteiger partial charge in [-0.25, -0.2) is 18.6 Å². The molecule has 0 amide bonds. The highest BCUT2D eigenvalue weighted by Gasteiger charge is 2.15.